The Bertz CT molecular complexity index is 402. The first-order valence-corrected chi connectivity index (χ1v) is 5.42. The summed E-state index contributed by atoms with van der Waals surface area (Å²) in [4.78, 5) is 21.2. The van der Waals surface area contributed by atoms with Gasteiger partial charge in [0.15, 0.2) is 0 Å². The van der Waals surface area contributed by atoms with Crippen LogP contribution in [0, 0.1) is 0 Å². The number of rotatable bonds is 7. The molecule has 0 fully saturated rings. The fourth-order valence-corrected chi connectivity index (χ4v) is 1.33. The van der Waals surface area contributed by atoms with E-state index in [2.05, 4.69) is 10.3 Å². The molecular formula is C10H16N4O3. The molecule has 0 bridgehead atoms. The Kier molecular flexibility index (Phi) is 4.62. The van der Waals surface area contributed by atoms with E-state index in [9.17, 15) is 9.59 Å². The van der Waals surface area contributed by atoms with Crippen molar-refractivity contribution in [3.8, 4) is 0 Å². The van der Waals surface area contributed by atoms with Crippen molar-refractivity contribution < 1.29 is 14.7 Å². The average molecular weight is 240 g/mol. The van der Waals surface area contributed by atoms with Crippen LogP contribution >= 0.6 is 0 Å². The normalized spacial score (nSPS) is 12.3. The summed E-state index contributed by atoms with van der Waals surface area (Å²) in [5.74, 6) is -1.26. The quantitative estimate of drug-likeness (QED) is 0.657. The number of hydrogen-bond acceptors (Lipinski definition) is 4. The second-order valence-electron chi connectivity index (χ2n) is 3.87. The van der Waals surface area contributed by atoms with E-state index in [1.807, 2.05) is 0 Å². The molecule has 7 heteroatoms. The van der Waals surface area contributed by atoms with Gasteiger partial charge in [0.05, 0.1) is 5.69 Å². The van der Waals surface area contributed by atoms with Crippen molar-refractivity contribution in [2.75, 3.05) is 0 Å². The zero-order valence-corrected chi connectivity index (χ0v) is 9.67. The maximum atomic E-state index is 10.9. The van der Waals surface area contributed by atoms with Crippen LogP contribution in [0.5, 0.6) is 0 Å². The van der Waals surface area contributed by atoms with Gasteiger partial charge in [-0.25, -0.2) is 4.68 Å². The van der Waals surface area contributed by atoms with Crippen molar-refractivity contribution in [1.82, 2.24) is 15.0 Å². The number of carboxylic acid groups (broad SMARTS) is 1. The third-order valence-corrected chi connectivity index (χ3v) is 2.44. The number of hydrogen-bond donors (Lipinski definition) is 2. The third-order valence-electron chi connectivity index (χ3n) is 2.44. The van der Waals surface area contributed by atoms with E-state index < -0.39 is 17.9 Å². The average Bonchev–Trinajstić information content (AvgIpc) is 2.71. The standard InChI is InChI=1S/C10H16N4O3/c1-7(10(11)17)14-6-8(12-13-14)4-2-3-5-9(15)16/h6-7H,2-5H2,1H3,(H2,11,17)(H,15,16). The number of carbonyl (C=O) groups is 2. The van der Waals surface area contributed by atoms with Crippen molar-refractivity contribution in [3.63, 3.8) is 0 Å². The molecule has 1 unspecified atom stereocenters. The van der Waals surface area contributed by atoms with Gasteiger partial charge in [-0.1, -0.05) is 5.21 Å². The number of nitrogens with two attached hydrogens (primary N) is 1. The van der Waals surface area contributed by atoms with Gasteiger partial charge in [-0.2, -0.15) is 0 Å². The Morgan fingerprint density at radius 2 is 2.24 bits per heavy atom. The van der Waals surface area contributed by atoms with E-state index in [1.165, 1.54) is 4.68 Å². The number of aliphatic carboxylic acids is 1. The Labute approximate surface area is 98.6 Å². The van der Waals surface area contributed by atoms with Gasteiger partial charge < -0.3 is 10.8 Å². The van der Waals surface area contributed by atoms with E-state index in [0.717, 1.165) is 12.1 Å². The molecule has 17 heavy (non-hydrogen) atoms. The van der Waals surface area contributed by atoms with Gasteiger partial charge in [-0.15, -0.1) is 5.10 Å². The second-order valence-corrected chi connectivity index (χ2v) is 3.87. The minimum absolute atomic E-state index is 0.159. The predicted molar refractivity (Wildman–Crippen MR) is 59.1 cm³/mol. The molecule has 1 rings (SSSR count). The summed E-state index contributed by atoms with van der Waals surface area (Å²) in [5.41, 5.74) is 5.88. The molecular weight excluding hydrogens is 224 g/mol. The van der Waals surface area contributed by atoms with E-state index in [1.54, 1.807) is 13.1 Å². The first-order chi connectivity index (χ1) is 8.00. The fraction of sp³-hybridized carbons (Fsp3) is 0.600. The number of aromatic nitrogens is 3. The number of carboxylic acids is 1. The van der Waals surface area contributed by atoms with Gasteiger partial charge in [0, 0.05) is 12.6 Å². The molecule has 1 aromatic heterocycles. The summed E-state index contributed by atoms with van der Waals surface area (Å²) < 4.78 is 1.41. The van der Waals surface area contributed by atoms with E-state index in [4.69, 9.17) is 10.8 Å². The first kappa shape index (κ1) is 13.1. The minimum atomic E-state index is -0.795. The maximum absolute atomic E-state index is 10.9. The van der Waals surface area contributed by atoms with Gasteiger partial charge in [-0.3, -0.25) is 9.59 Å². The second kappa shape index (κ2) is 5.97. The van der Waals surface area contributed by atoms with E-state index >= 15 is 0 Å². The minimum Gasteiger partial charge on any atom is -0.481 e. The Morgan fingerprint density at radius 1 is 1.53 bits per heavy atom. The van der Waals surface area contributed by atoms with Crippen LogP contribution in [-0.4, -0.2) is 32.0 Å². The van der Waals surface area contributed by atoms with Gasteiger partial charge in [0.1, 0.15) is 6.04 Å². The lowest BCUT2D eigenvalue weighted by atomic mass is 10.1. The highest BCUT2D eigenvalue weighted by atomic mass is 16.4. The molecule has 0 saturated heterocycles. The lowest BCUT2D eigenvalue weighted by Crippen LogP contribution is -2.24. The lowest BCUT2D eigenvalue weighted by Gasteiger charge is -2.04. The molecule has 94 valence electrons. The van der Waals surface area contributed by atoms with Crippen molar-refractivity contribution in [3.05, 3.63) is 11.9 Å². The van der Waals surface area contributed by atoms with Gasteiger partial charge >= 0.3 is 5.97 Å². The third kappa shape index (κ3) is 4.21. The van der Waals surface area contributed by atoms with Crippen LogP contribution in [0.15, 0.2) is 6.20 Å². The molecule has 3 N–H and O–H groups in total. The summed E-state index contributed by atoms with van der Waals surface area (Å²) >= 11 is 0. The van der Waals surface area contributed by atoms with Crippen molar-refractivity contribution >= 4 is 11.9 Å². The van der Waals surface area contributed by atoms with Crippen molar-refractivity contribution in [1.29, 1.82) is 0 Å². The van der Waals surface area contributed by atoms with Gasteiger partial charge in [0.2, 0.25) is 5.91 Å². The smallest absolute Gasteiger partial charge is 0.303 e. The largest absolute Gasteiger partial charge is 0.481 e. The molecule has 0 aliphatic carbocycles. The summed E-state index contributed by atoms with van der Waals surface area (Å²) in [6, 6.07) is -0.518. The van der Waals surface area contributed by atoms with Crippen molar-refractivity contribution in [2.24, 2.45) is 5.73 Å². The van der Waals surface area contributed by atoms with Crippen molar-refractivity contribution in [2.45, 2.75) is 38.6 Å². The van der Waals surface area contributed by atoms with Crippen LogP contribution < -0.4 is 5.73 Å². The molecule has 0 radical (unpaired) electrons. The monoisotopic (exact) mass is 240 g/mol. The van der Waals surface area contributed by atoms with E-state index in [-0.39, 0.29) is 6.42 Å². The molecule has 1 atom stereocenters. The number of carbonyl (C=O) groups excluding carboxylic acids is 1. The highest BCUT2D eigenvalue weighted by Crippen LogP contribution is 2.07. The summed E-state index contributed by atoms with van der Waals surface area (Å²) in [7, 11) is 0. The topological polar surface area (TPSA) is 111 Å². The number of aryl methyl sites for hydroxylation is 1. The fourth-order valence-electron chi connectivity index (χ4n) is 1.33. The number of primary amides is 1. The maximum Gasteiger partial charge on any atom is 0.303 e. The highest BCUT2D eigenvalue weighted by Gasteiger charge is 2.12. The molecule has 7 nitrogen and oxygen atoms in total. The lowest BCUT2D eigenvalue weighted by molar-refractivity contribution is -0.137. The first-order valence-electron chi connectivity index (χ1n) is 5.42. The van der Waals surface area contributed by atoms with Crippen LogP contribution in [0.3, 0.4) is 0 Å². The zero-order chi connectivity index (χ0) is 12.8. The van der Waals surface area contributed by atoms with Crippen LogP contribution in [0.25, 0.3) is 0 Å². The molecule has 0 aliphatic heterocycles. The summed E-state index contributed by atoms with van der Waals surface area (Å²) in [6.07, 6.45) is 3.81. The molecule has 1 aromatic rings. The SMILES string of the molecule is CC(C(N)=O)n1cc(CCCCC(=O)O)nn1. The number of amides is 1. The van der Waals surface area contributed by atoms with Crippen LogP contribution in [0.4, 0.5) is 0 Å². The molecule has 0 spiro atoms. The molecule has 0 saturated carbocycles. The molecule has 0 aromatic carbocycles. The van der Waals surface area contributed by atoms with Gasteiger partial charge in [-0.05, 0) is 26.2 Å². The van der Waals surface area contributed by atoms with Crippen LogP contribution in [0.1, 0.15) is 37.9 Å². The Morgan fingerprint density at radius 3 is 2.82 bits per heavy atom. The zero-order valence-electron chi connectivity index (χ0n) is 9.67. The molecule has 1 amide bonds. The van der Waals surface area contributed by atoms with Gasteiger partial charge in [0.25, 0.3) is 0 Å². The van der Waals surface area contributed by atoms with E-state index in [0.29, 0.717) is 12.8 Å². The number of unbranched alkanes of at least 4 members (excludes halogenated alkanes) is 1. The predicted octanol–water partition coefficient (Wildman–Crippen LogP) is 0.122. The Balaban J connectivity index is 2.41. The summed E-state index contributed by atoms with van der Waals surface area (Å²) in [5, 5.41) is 16.2. The Hall–Kier alpha value is -1.92. The molecule has 0 aliphatic rings. The number of nitrogens with zero attached hydrogens (tertiary/aromatic N) is 3. The molecule has 1 heterocycles. The van der Waals surface area contributed by atoms with Crippen LogP contribution in [-0.2, 0) is 16.0 Å². The van der Waals surface area contributed by atoms with Crippen LogP contribution in [0.2, 0.25) is 0 Å². The highest BCUT2D eigenvalue weighted by molar-refractivity contribution is 5.77. The summed E-state index contributed by atoms with van der Waals surface area (Å²) in [6.45, 7) is 1.64.